The molecular formula is C23H18N6O4S. The van der Waals surface area contributed by atoms with E-state index in [1.165, 1.54) is 29.1 Å². The highest BCUT2D eigenvalue weighted by Gasteiger charge is 2.08. The highest BCUT2D eigenvalue weighted by Crippen LogP contribution is 2.19. The van der Waals surface area contributed by atoms with Crippen LogP contribution in [0.1, 0.15) is 5.56 Å². The van der Waals surface area contributed by atoms with E-state index < -0.39 is 10.8 Å². The lowest BCUT2D eigenvalue weighted by atomic mass is 10.2. The molecule has 1 heterocycles. The van der Waals surface area contributed by atoms with Crippen molar-refractivity contribution < 1.29 is 14.5 Å². The first-order valence-corrected chi connectivity index (χ1v) is 10.4. The number of fused-ring (bicyclic) bond motifs is 1. The predicted octanol–water partition coefficient (Wildman–Crippen LogP) is 3.86. The molecule has 0 radical (unpaired) electrons. The predicted molar refractivity (Wildman–Crippen MR) is 132 cm³/mol. The monoisotopic (exact) mass is 474 g/mol. The minimum Gasteiger partial charge on any atom is -0.497 e. The van der Waals surface area contributed by atoms with Gasteiger partial charge in [-0.05, 0) is 66.3 Å². The Balaban J connectivity index is 1.39. The molecule has 0 saturated carbocycles. The number of anilines is 1. The summed E-state index contributed by atoms with van der Waals surface area (Å²) in [5.41, 5.74) is 3.21. The molecular weight excluding hydrogens is 456 g/mol. The molecule has 0 bridgehead atoms. The minimum atomic E-state index is -0.497. The molecule has 34 heavy (non-hydrogen) atoms. The number of non-ortho nitro benzene ring substituents is 1. The third-order valence-corrected chi connectivity index (χ3v) is 4.89. The molecule has 4 rings (SSSR count). The van der Waals surface area contributed by atoms with E-state index in [4.69, 9.17) is 17.0 Å². The number of methoxy groups -OCH3 is 1. The first-order chi connectivity index (χ1) is 16.4. The fourth-order valence-electron chi connectivity index (χ4n) is 3.05. The highest BCUT2D eigenvalue weighted by atomic mass is 32.1. The standard InChI is InChI=1S/C23H18N6O4S/c1-33-19-9-7-17(8-10-19)28-26-20-11-6-16(14-21(20)27-28)24-23(34)25-22(30)12-5-15-3-2-4-18(13-15)29(31)32/h2-14H,1H3,(H2,24,25,30,34)/b12-5+. The van der Waals surface area contributed by atoms with Crippen molar-refractivity contribution in [2.24, 2.45) is 0 Å². The van der Waals surface area contributed by atoms with Gasteiger partial charge in [-0.3, -0.25) is 20.2 Å². The molecule has 2 N–H and O–H groups in total. The number of hydrogen-bond acceptors (Lipinski definition) is 7. The molecule has 11 heteroatoms. The van der Waals surface area contributed by atoms with Crippen LogP contribution >= 0.6 is 12.2 Å². The van der Waals surface area contributed by atoms with E-state index in [1.807, 2.05) is 24.3 Å². The van der Waals surface area contributed by atoms with Crippen LogP contribution in [0.15, 0.2) is 72.8 Å². The summed E-state index contributed by atoms with van der Waals surface area (Å²) in [5, 5.41) is 25.4. The summed E-state index contributed by atoms with van der Waals surface area (Å²) in [6.07, 6.45) is 2.71. The van der Waals surface area contributed by atoms with Crippen LogP contribution in [0, 0.1) is 10.1 Å². The van der Waals surface area contributed by atoms with Crippen molar-refractivity contribution in [2.75, 3.05) is 12.4 Å². The molecule has 3 aromatic carbocycles. The topological polar surface area (TPSA) is 124 Å². The summed E-state index contributed by atoms with van der Waals surface area (Å²) in [5.74, 6) is 0.262. The van der Waals surface area contributed by atoms with Gasteiger partial charge < -0.3 is 10.1 Å². The Labute approximate surface area is 199 Å². The van der Waals surface area contributed by atoms with E-state index in [9.17, 15) is 14.9 Å². The second-order valence-electron chi connectivity index (χ2n) is 7.02. The zero-order valence-electron chi connectivity index (χ0n) is 17.8. The van der Waals surface area contributed by atoms with Gasteiger partial charge in [0.1, 0.15) is 16.8 Å². The number of carbonyl (C=O) groups is 1. The van der Waals surface area contributed by atoms with Crippen LogP contribution in [0.25, 0.3) is 22.8 Å². The average Bonchev–Trinajstić information content (AvgIpc) is 3.26. The van der Waals surface area contributed by atoms with Crippen LogP contribution in [0.2, 0.25) is 0 Å². The van der Waals surface area contributed by atoms with Gasteiger partial charge in [0.15, 0.2) is 5.11 Å². The second-order valence-corrected chi connectivity index (χ2v) is 7.43. The summed E-state index contributed by atoms with van der Waals surface area (Å²) in [6.45, 7) is 0. The number of ether oxygens (including phenoxy) is 1. The van der Waals surface area contributed by atoms with Gasteiger partial charge in [0.05, 0.1) is 17.7 Å². The lowest BCUT2D eigenvalue weighted by Gasteiger charge is -2.07. The van der Waals surface area contributed by atoms with Crippen molar-refractivity contribution >= 4 is 51.7 Å². The molecule has 170 valence electrons. The van der Waals surface area contributed by atoms with E-state index in [0.29, 0.717) is 22.3 Å². The zero-order valence-corrected chi connectivity index (χ0v) is 18.7. The van der Waals surface area contributed by atoms with Crippen LogP contribution < -0.4 is 15.4 Å². The Morgan fingerprint density at radius 1 is 1.09 bits per heavy atom. The summed E-state index contributed by atoms with van der Waals surface area (Å²) < 4.78 is 5.17. The molecule has 0 aliphatic carbocycles. The molecule has 0 unspecified atom stereocenters. The van der Waals surface area contributed by atoms with Crippen LogP contribution in [-0.2, 0) is 4.79 Å². The lowest BCUT2D eigenvalue weighted by Crippen LogP contribution is -2.32. The Morgan fingerprint density at radius 3 is 2.59 bits per heavy atom. The number of hydrogen-bond donors (Lipinski definition) is 2. The van der Waals surface area contributed by atoms with Gasteiger partial charge in [-0.2, -0.15) is 4.80 Å². The molecule has 0 aliphatic rings. The summed E-state index contributed by atoms with van der Waals surface area (Å²) >= 11 is 5.21. The van der Waals surface area contributed by atoms with Crippen LogP contribution in [0.5, 0.6) is 5.75 Å². The van der Waals surface area contributed by atoms with Crippen LogP contribution in [-0.4, -0.2) is 38.0 Å². The Morgan fingerprint density at radius 2 is 1.85 bits per heavy atom. The molecule has 4 aromatic rings. The molecule has 1 amide bonds. The number of nitrogens with one attached hydrogen (secondary N) is 2. The number of nitro groups is 1. The molecule has 1 aromatic heterocycles. The van der Waals surface area contributed by atoms with Gasteiger partial charge >= 0.3 is 0 Å². The van der Waals surface area contributed by atoms with Gasteiger partial charge in [-0.25, -0.2) is 0 Å². The molecule has 0 spiro atoms. The van der Waals surface area contributed by atoms with Gasteiger partial charge in [0.2, 0.25) is 5.91 Å². The third kappa shape index (κ3) is 5.40. The fraction of sp³-hybridized carbons (Fsp3) is 0.0435. The molecule has 0 aliphatic heterocycles. The van der Waals surface area contributed by atoms with E-state index in [0.717, 1.165) is 11.4 Å². The SMILES string of the molecule is COc1ccc(-n2nc3ccc(NC(=S)NC(=O)/C=C/c4cccc([N+](=O)[O-])c4)cc3n2)cc1. The van der Waals surface area contributed by atoms with Crippen molar-refractivity contribution in [2.45, 2.75) is 0 Å². The van der Waals surface area contributed by atoms with Crippen LogP contribution in [0.3, 0.4) is 0 Å². The third-order valence-electron chi connectivity index (χ3n) is 4.69. The first-order valence-electron chi connectivity index (χ1n) is 9.97. The maximum atomic E-state index is 12.2. The number of thiocarbonyl (C=S) groups is 1. The number of benzene rings is 3. The van der Waals surface area contributed by atoms with E-state index in [-0.39, 0.29) is 10.8 Å². The maximum absolute atomic E-state index is 12.2. The Bertz CT molecular complexity index is 1410. The number of rotatable bonds is 6. The van der Waals surface area contributed by atoms with Crippen molar-refractivity contribution in [1.82, 2.24) is 20.3 Å². The summed E-state index contributed by atoms with van der Waals surface area (Å²) in [7, 11) is 1.60. The lowest BCUT2D eigenvalue weighted by molar-refractivity contribution is -0.384. The van der Waals surface area contributed by atoms with Gasteiger partial charge in [-0.1, -0.05) is 12.1 Å². The summed E-state index contributed by atoms with van der Waals surface area (Å²) in [4.78, 5) is 24.0. The number of carbonyl (C=O) groups excluding carboxylic acids is 1. The van der Waals surface area contributed by atoms with Gasteiger partial charge in [-0.15, -0.1) is 10.2 Å². The second kappa shape index (κ2) is 9.88. The van der Waals surface area contributed by atoms with Crippen molar-refractivity contribution in [3.63, 3.8) is 0 Å². The Hall–Kier alpha value is -4.64. The number of amides is 1. The Kier molecular flexibility index (Phi) is 6.55. The van der Waals surface area contributed by atoms with Crippen molar-refractivity contribution in [3.8, 4) is 11.4 Å². The minimum absolute atomic E-state index is 0.0564. The normalized spacial score (nSPS) is 10.9. The number of aromatic nitrogens is 3. The first kappa shape index (κ1) is 22.6. The van der Waals surface area contributed by atoms with Crippen LogP contribution in [0.4, 0.5) is 11.4 Å². The molecule has 0 atom stereocenters. The number of nitro benzene ring substituents is 1. The molecule has 10 nitrogen and oxygen atoms in total. The smallest absolute Gasteiger partial charge is 0.270 e. The highest BCUT2D eigenvalue weighted by molar-refractivity contribution is 7.80. The van der Waals surface area contributed by atoms with Crippen molar-refractivity contribution in [1.29, 1.82) is 0 Å². The summed E-state index contributed by atoms with van der Waals surface area (Å²) in [6, 6.07) is 18.6. The van der Waals surface area contributed by atoms with Crippen molar-refractivity contribution in [3.05, 3.63) is 88.5 Å². The quantitative estimate of drug-likeness (QED) is 0.187. The fourth-order valence-corrected chi connectivity index (χ4v) is 3.27. The molecule has 0 saturated heterocycles. The maximum Gasteiger partial charge on any atom is 0.270 e. The average molecular weight is 475 g/mol. The van der Waals surface area contributed by atoms with E-state index >= 15 is 0 Å². The largest absolute Gasteiger partial charge is 0.497 e. The van der Waals surface area contributed by atoms with E-state index in [2.05, 4.69) is 20.8 Å². The van der Waals surface area contributed by atoms with Gasteiger partial charge in [0.25, 0.3) is 5.69 Å². The zero-order chi connectivity index (χ0) is 24.1. The molecule has 0 fully saturated rings. The van der Waals surface area contributed by atoms with E-state index in [1.54, 1.807) is 37.4 Å². The van der Waals surface area contributed by atoms with Gasteiger partial charge in [0, 0.05) is 23.9 Å². The number of nitrogens with zero attached hydrogens (tertiary/aromatic N) is 4.